The highest BCUT2D eigenvalue weighted by Gasteiger charge is 2.26. The third-order valence-corrected chi connectivity index (χ3v) is 3.77. The predicted molar refractivity (Wildman–Crippen MR) is 92.4 cm³/mol. The van der Waals surface area contributed by atoms with Crippen LogP contribution in [0, 0.1) is 22.7 Å². The first-order valence-electron chi connectivity index (χ1n) is 7.40. The van der Waals surface area contributed by atoms with Crippen molar-refractivity contribution >= 4 is 12.7 Å². The quantitative estimate of drug-likeness (QED) is 0.514. The monoisotopic (exact) mass is 310 g/mol. The SMILES string of the molecule is C[N+](C=NCc1cc(C(C)(C)C#N)cc(C(C)(C)C#N)c1)=CN. The molecule has 0 atom stereocenters. The Morgan fingerprint density at radius 3 is 1.96 bits per heavy atom. The van der Waals surface area contributed by atoms with Crippen molar-refractivity contribution < 1.29 is 4.58 Å². The Hall–Kier alpha value is -2.66. The van der Waals surface area contributed by atoms with Crippen molar-refractivity contribution in [3.05, 3.63) is 34.9 Å². The lowest BCUT2D eigenvalue weighted by molar-refractivity contribution is -0.355. The molecular formula is C18H24N5+. The summed E-state index contributed by atoms with van der Waals surface area (Å²) in [6, 6.07) is 10.5. The van der Waals surface area contributed by atoms with Crippen molar-refractivity contribution in [1.82, 2.24) is 0 Å². The van der Waals surface area contributed by atoms with Gasteiger partial charge in [0, 0.05) is 0 Å². The first-order valence-corrected chi connectivity index (χ1v) is 7.40. The molecule has 0 spiro atoms. The summed E-state index contributed by atoms with van der Waals surface area (Å²) < 4.78 is 1.66. The molecule has 0 saturated heterocycles. The van der Waals surface area contributed by atoms with Crippen molar-refractivity contribution in [3.63, 3.8) is 0 Å². The second-order valence-corrected chi connectivity index (χ2v) is 6.66. The van der Waals surface area contributed by atoms with E-state index in [4.69, 9.17) is 5.73 Å². The van der Waals surface area contributed by atoms with Gasteiger partial charge in [-0.2, -0.15) is 10.5 Å². The van der Waals surface area contributed by atoms with Crippen LogP contribution in [0.2, 0.25) is 0 Å². The highest BCUT2D eigenvalue weighted by atomic mass is 15.0. The van der Waals surface area contributed by atoms with E-state index >= 15 is 0 Å². The maximum atomic E-state index is 9.40. The largest absolute Gasteiger partial charge is 0.325 e. The van der Waals surface area contributed by atoms with Gasteiger partial charge in [-0.05, 0) is 44.4 Å². The molecule has 0 bridgehead atoms. The van der Waals surface area contributed by atoms with Crippen LogP contribution < -0.4 is 5.73 Å². The lowest BCUT2D eigenvalue weighted by atomic mass is 9.79. The Balaban J connectivity index is 3.34. The maximum Gasteiger partial charge on any atom is 0.219 e. The number of nitrogens with two attached hydrogens (primary N) is 1. The molecule has 1 aromatic carbocycles. The van der Waals surface area contributed by atoms with Gasteiger partial charge in [-0.25, -0.2) is 4.58 Å². The van der Waals surface area contributed by atoms with Gasteiger partial charge >= 0.3 is 0 Å². The molecule has 1 aromatic rings. The lowest BCUT2D eigenvalue weighted by Gasteiger charge is -2.22. The van der Waals surface area contributed by atoms with Gasteiger partial charge < -0.3 is 5.73 Å². The van der Waals surface area contributed by atoms with Crippen LogP contribution in [-0.4, -0.2) is 24.3 Å². The van der Waals surface area contributed by atoms with E-state index in [-0.39, 0.29) is 0 Å². The third-order valence-electron chi connectivity index (χ3n) is 3.77. The van der Waals surface area contributed by atoms with Crippen molar-refractivity contribution in [1.29, 1.82) is 10.5 Å². The van der Waals surface area contributed by atoms with Gasteiger partial charge in [0.25, 0.3) is 0 Å². The van der Waals surface area contributed by atoms with E-state index in [1.54, 1.807) is 18.0 Å². The fourth-order valence-electron chi connectivity index (χ4n) is 1.95. The van der Waals surface area contributed by atoms with Crippen molar-refractivity contribution in [2.24, 2.45) is 10.7 Å². The van der Waals surface area contributed by atoms with Gasteiger partial charge in [-0.15, -0.1) is 4.99 Å². The molecule has 0 radical (unpaired) electrons. The maximum absolute atomic E-state index is 9.40. The number of hydrogen-bond donors (Lipinski definition) is 1. The van der Waals surface area contributed by atoms with Crippen LogP contribution in [-0.2, 0) is 17.4 Å². The van der Waals surface area contributed by atoms with Crippen LogP contribution in [0.5, 0.6) is 0 Å². The van der Waals surface area contributed by atoms with E-state index in [0.29, 0.717) is 6.54 Å². The second-order valence-electron chi connectivity index (χ2n) is 6.66. The average Bonchev–Trinajstić information content (AvgIpc) is 2.54. The molecule has 5 nitrogen and oxygen atoms in total. The van der Waals surface area contributed by atoms with Crippen molar-refractivity contribution in [3.8, 4) is 12.1 Å². The summed E-state index contributed by atoms with van der Waals surface area (Å²) in [5.74, 6) is 0. The molecule has 0 saturated carbocycles. The highest BCUT2D eigenvalue weighted by molar-refractivity contribution is 5.55. The fourth-order valence-corrected chi connectivity index (χ4v) is 1.95. The Morgan fingerprint density at radius 1 is 1.09 bits per heavy atom. The minimum Gasteiger partial charge on any atom is -0.325 e. The van der Waals surface area contributed by atoms with Crippen molar-refractivity contribution in [2.45, 2.75) is 45.1 Å². The molecule has 0 aliphatic rings. The molecule has 0 amide bonds. The van der Waals surface area contributed by atoms with Crippen LogP contribution >= 0.6 is 0 Å². The molecule has 0 unspecified atom stereocenters. The number of aliphatic imine (C=N–C) groups is 1. The number of nitriles is 2. The van der Waals surface area contributed by atoms with E-state index in [0.717, 1.165) is 16.7 Å². The third kappa shape index (κ3) is 4.66. The van der Waals surface area contributed by atoms with Crippen LogP contribution in [0.1, 0.15) is 44.4 Å². The molecule has 120 valence electrons. The average molecular weight is 310 g/mol. The Bertz CT molecular complexity index is 668. The van der Waals surface area contributed by atoms with E-state index in [9.17, 15) is 10.5 Å². The molecule has 0 aliphatic heterocycles. The zero-order valence-corrected chi connectivity index (χ0v) is 14.5. The zero-order chi connectivity index (χ0) is 17.7. The fraction of sp³-hybridized carbons (Fsp3) is 0.444. The van der Waals surface area contributed by atoms with E-state index < -0.39 is 10.8 Å². The number of rotatable bonds is 5. The predicted octanol–water partition coefficient (Wildman–Crippen LogP) is 2.45. The van der Waals surface area contributed by atoms with Crippen LogP contribution in [0.4, 0.5) is 0 Å². The van der Waals surface area contributed by atoms with Gasteiger partial charge in [-0.3, -0.25) is 0 Å². The van der Waals surface area contributed by atoms with Crippen LogP contribution in [0.25, 0.3) is 0 Å². The minimum atomic E-state index is -0.623. The Kier molecular flexibility index (Phi) is 5.65. The molecule has 0 fully saturated rings. The molecule has 5 heteroatoms. The molecule has 0 aliphatic carbocycles. The van der Waals surface area contributed by atoms with E-state index in [2.05, 4.69) is 17.1 Å². The highest BCUT2D eigenvalue weighted by Crippen LogP contribution is 2.30. The number of hydrogen-bond acceptors (Lipinski definition) is 3. The van der Waals surface area contributed by atoms with Gasteiger partial charge in [0.15, 0.2) is 6.34 Å². The first kappa shape index (κ1) is 18.4. The molecular weight excluding hydrogens is 286 g/mol. The van der Waals surface area contributed by atoms with Crippen LogP contribution in [0.3, 0.4) is 0 Å². The molecule has 2 N–H and O–H groups in total. The summed E-state index contributed by atoms with van der Waals surface area (Å²) in [6.07, 6.45) is 3.06. The number of benzene rings is 1. The molecule has 0 heterocycles. The first-order chi connectivity index (χ1) is 10.7. The van der Waals surface area contributed by atoms with E-state index in [1.807, 2.05) is 45.9 Å². The molecule has 1 rings (SSSR count). The Labute approximate surface area is 138 Å². The van der Waals surface area contributed by atoms with Crippen LogP contribution in [0.15, 0.2) is 23.2 Å². The summed E-state index contributed by atoms with van der Waals surface area (Å²) in [4.78, 5) is 4.33. The summed E-state index contributed by atoms with van der Waals surface area (Å²) in [5, 5.41) is 18.8. The van der Waals surface area contributed by atoms with Gasteiger partial charge in [-0.1, -0.05) is 18.2 Å². The minimum absolute atomic E-state index is 0.460. The Morgan fingerprint density at radius 2 is 1.57 bits per heavy atom. The second kappa shape index (κ2) is 7.07. The molecule has 0 aromatic heterocycles. The summed E-state index contributed by atoms with van der Waals surface area (Å²) in [7, 11) is 1.79. The summed E-state index contributed by atoms with van der Waals surface area (Å²) >= 11 is 0. The van der Waals surface area contributed by atoms with Crippen molar-refractivity contribution in [2.75, 3.05) is 7.05 Å². The topological polar surface area (TPSA) is 89.0 Å². The van der Waals surface area contributed by atoms with Gasteiger partial charge in [0.1, 0.15) is 6.54 Å². The normalized spacial score (nSPS) is 12.9. The van der Waals surface area contributed by atoms with Gasteiger partial charge in [0.2, 0.25) is 6.34 Å². The zero-order valence-electron chi connectivity index (χ0n) is 14.5. The van der Waals surface area contributed by atoms with Gasteiger partial charge in [0.05, 0.1) is 30.0 Å². The summed E-state index contributed by atoms with van der Waals surface area (Å²) in [6.45, 7) is 7.94. The number of nitrogens with zero attached hydrogens (tertiary/aromatic N) is 4. The smallest absolute Gasteiger partial charge is 0.219 e. The lowest BCUT2D eigenvalue weighted by Crippen LogP contribution is -2.19. The molecule has 23 heavy (non-hydrogen) atoms. The summed E-state index contributed by atoms with van der Waals surface area (Å²) in [5.41, 5.74) is 6.89. The standard InChI is InChI=1S/C18H23N5/c1-17(2,10-19)15-6-14(9-22-13-23(5)12-21)7-16(8-15)18(3,4)11-20/h6-8,12-13,21H,9H2,1-5H3/p+1. The van der Waals surface area contributed by atoms with E-state index in [1.165, 1.54) is 6.34 Å².